The summed E-state index contributed by atoms with van der Waals surface area (Å²) in [6.07, 6.45) is 0.570. The SMILES string of the molecule is CC(C)C(=O)Nc1cccc(NC(=O)CCc2nc(-c3ccsc3)no2)c1. The maximum absolute atomic E-state index is 12.2. The van der Waals surface area contributed by atoms with Crippen LogP contribution in [0.4, 0.5) is 11.4 Å². The van der Waals surface area contributed by atoms with Crippen LogP contribution in [0.1, 0.15) is 26.2 Å². The van der Waals surface area contributed by atoms with Crippen LogP contribution >= 0.6 is 11.3 Å². The number of nitrogens with one attached hydrogen (secondary N) is 2. The van der Waals surface area contributed by atoms with E-state index in [9.17, 15) is 9.59 Å². The highest BCUT2D eigenvalue weighted by molar-refractivity contribution is 7.08. The molecule has 0 saturated carbocycles. The van der Waals surface area contributed by atoms with E-state index < -0.39 is 0 Å². The van der Waals surface area contributed by atoms with E-state index in [2.05, 4.69) is 20.8 Å². The van der Waals surface area contributed by atoms with Gasteiger partial charge in [0, 0.05) is 41.1 Å². The van der Waals surface area contributed by atoms with Crippen molar-refractivity contribution >= 4 is 34.5 Å². The van der Waals surface area contributed by atoms with Crippen molar-refractivity contribution in [1.29, 1.82) is 0 Å². The van der Waals surface area contributed by atoms with E-state index in [1.54, 1.807) is 35.6 Å². The van der Waals surface area contributed by atoms with Crippen LogP contribution in [0.15, 0.2) is 45.6 Å². The summed E-state index contributed by atoms with van der Waals surface area (Å²) in [5.74, 6) is 0.593. The molecule has 2 N–H and O–H groups in total. The number of hydrogen-bond acceptors (Lipinski definition) is 6. The topological polar surface area (TPSA) is 97.1 Å². The van der Waals surface area contributed by atoms with Crippen LogP contribution in [0.2, 0.25) is 0 Å². The lowest BCUT2D eigenvalue weighted by atomic mass is 10.2. The second kappa shape index (κ2) is 8.59. The molecule has 0 unspecified atom stereocenters. The van der Waals surface area contributed by atoms with E-state index in [1.807, 2.05) is 30.7 Å². The zero-order chi connectivity index (χ0) is 19.2. The van der Waals surface area contributed by atoms with Gasteiger partial charge in [-0.3, -0.25) is 9.59 Å². The lowest BCUT2D eigenvalue weighted by Gasteiger charge is -2.10. The first-order valence-electron chi connectivity index (χ1n) is 8.57. The molecule has 7 nitrogen and oxygen atoms in total. The van der Waals surface area contributed by atoms with Crippen molar-refractivity contribution < 1.29 is 14.1 Å². The Morgan fingerprint density at radius 3 is 2.67 bits per heavy atom. The first-order chi connectivity index (χ1) is 13.0. The molecule has 3 aromatic rings. The largest absolute Gasteiger partial charge is 0.339 e. The van der Waals surface area contributed by atoms with Gasteiger partial charge in [0.15, 0.2) is 0 Å². The van der Waals surface area contributed by atoms with Crippen molar-refractivity contribution in [3.63, 3.8) is 0 Å². The summed E-state index contributed by atoms with van der Waals surface area (Å²) in [6, 6.07) is 8.96. The number of aromatic nitrogens is 2. The van der Waals surface area contributed by atoms with Gasteiger partial charge >= 0.3 is 0 Å². The number of aryl methyl sites for hydroxylation is 1. The van der Waals surface area contributed by atoms with Crippen LogP contribution in [0.5, 0.6) is 0 Å². The zero-order valence-corrected chi connectivity index (χ0v) is 15.9. The number of nitrogens with zero attached hydrogens (tertiary/aromatic N) is 2. The molecule has 2 heterocycles. The zero-order valence-electron chi connectivity index (χ0n) is 15.1. The Labute approximate surface area is 160 Å². The molecule has 8 heteroatoms. The van der Waals surface area contributed by atoms with Crippen LogP contribution in [0, 0.1) is 5.92 Å². The fraction of sp³-hybridized carbons (Fsp3) is 0.263. The molecular weight excluding hydrogens is 364 g/mol. The fourth-order valence-electron chi connectivity index (χ4n) is 2.27. The molecule has 0 spiro atoms. The molecule has 0 aliphatic heterocycles. The van der Waals surface area contributed by atoms with Gasteiger partial charge in [-0.1, -0.05) is 25.1 Å². The Balaban J connectivity index is 1.53. The molecule has 27 heavy (non-hydrogen) atoms. The Morgan fingerprint density at radius 2 is 1.96 bits per heavy atom. The molecule has 0 aliphatic carbocycles. The third-order valence-electron chi connectivity index (χ3n) is 3.75. The van der Waals surface area contributed by atoms with Crippen molar-refractivity contribution in [2.75, 3.05) is 10.6 Å². The molecule has 1 aromatic carbocycles. The quantitative estimate of drug-likeness (QED) is 0.642. The van der Waals surface area contributed by atoms with Crippen LogP contribution in [-0.4, -0.2) is 22.0 Å². The molecule has 0 atom stereocenters. The summed E-state index contributed by atoms with van der Waals surface area (Å²) in [5.41, 5.74) is 2.16. The Bertz CT molecular complexity index is 919. The molecule has 2 amide bonds. The molecule has 0 saturated heterocycles. The summed E-state index contributed by atoms with van der Waals surface area (Å²) in [5, 5.41) is 13.4. The number of amides is 2. The highest BCUT2D eigenvalue weighted by Gasteiger charge is 2.12. The second-order valence-electron chi connectivity index (χ2n) is 6.30. The predicted octanol–water partition coefficient (Wildman–Crippen LogP) is 3.96. The normalized spacial score (nSPS) is 10.8. The highest BCUT2D eigenvalue weighted by Crippen LogP contribution is 2.19. The van der Waals surface area contributed by atoms with Crippen LogP contribution in [0.25, 0.3) is 11.4 Å². The predicted molar refractivity (Wildman–Crippen MR) is 104 cm³/mol. The number of rotatable bonds is 7. The standard InChI is InChI=1S/C19H20N4O3S/c1-12(2)19(25)21-15-5-3-4-14(10-15)20-16(24)6-7-17-22-18(23-26-17)13-8-9-27-11-13/h3-5,8-12H,6-7H2,1-2H3,(H,20,24)(H,21,25). The minimum atomic E-state index is -0.169. The van der Waals surface area contributed by atoms with Crippen molar-refractivity contribution in [3.8, 4) is 11.4 Å². The molecule has 0 bridgehead atoms. The van der Waals surface area contributed by atoms with E-state index >= 15 is 0 Å². The first-order valence-corrected chi connectivity index (χ1v) is 9.51. The lowest BCUT2D eigenvalue weighted by Crippen LogP contribution is -2.18. The number of benzene rings is 1. The third kappa shape index (κ3) is 5.24. The highest BCUT2D eigenvalue weighted by atomic mass is 32.1. The van der Waals surface area contributed by atoms with Gasteiger partial charge in [-0.05, 0) is 29.6 Å². The average molecular weight is 384 g/mol. The fourth-order valence-corrected chi connectivity index (χ4v) is 2.90. The van der Waals surface area contributed by atoms with Crippen molar-refractivity contribution in [2.45, 2.75) is 26.7 Å². The number of thiophene rings is 1. The van der Waals surface area contributed by atoms with Crippen LogP contribution in [-0.2, 0) is 16.0 Å². The van der Waals surface area contributed by atoms with Crippen LogP contribution in [0.3, 0.4) is 0 Å². The van der Waals surface area contributed by atoms with Gasteiger partial charge in [0.1, 0.15) is 0 Å². The molecule has 0 radical (unpaired) electrons. The van der Waals surface area contributed by atoms with E-state index in [0.29, 0.717) is 29.5 Å². The van der Waals surface area contributed by atoms with E-state index in [-0.39, 0.29) is 24.2 Å². The second-order valence-corrected chi connectivity index (χ2v) is 7.08. The smallest absolute Gasteiger partial charge is 0.227 e. The van der Waals surface area contributed by atoms with Gasteiger partial charge in [-0.15, -0.1) is 0 Å². The van der Waals surface area contributed by atoms with E-state index in [1.165, 1.54) is 0 Å². The summed E-state index contributed by atoms with van der Waals surface area (Å²) < 4.78 is 5.19. The van der Waals surface area contributed by atoms with Gasteiger partial charge in [0.25, 0.3) is 0 Å². The van der Waals surface area contributed by atoms with E-state index in [0.717, 1.165) is 5.56 Å². The van der Waals surface area contributed by atoms with Crippen molar-refractivity contribution in [2.24, 2.45) is 5.92 Å². The average Bonchev–Trinajstić information content (AvgIpc) is 3.31. The van der Waals surface area contributed by atoms with E-state index in [4.69, 9.17) is 4.52 Å². The third-order valence-corrected chi connectivity index (χ3v) is 4.43. The van der Waals surface area contributed by atoms with Crippen LogP contribution < -0.4 is 10.6 Å². The minimum Gasteiger partial charge on any atom is -0.339 e. The number of carbonyl (C=O) groups excluding carboxylic acids is 2. The first kappa shape index (κ1) is 18.8. The number of carbonyl (C=O) groups is 2. The number of anilines is 2. The van der Waals surface area contributed by atoms with Gasteiger partial charge in [-0.25, -0.2) is 0 Å². The lowest BCUT2D eigenvalue weighted by molar-refractivity contribution is -0.119. The van der Waals surface area contributed by atoms with Gasteiger partial charge in [0.2, 0.25) is 23.5 Å². The molecule has 140 valence electrons. The molecule has 2 aromatic heterocycles. The number of hydrogen-bond donors (Lipinski definition) is 2. The summed E-state index contributed by atoms with van der Waals surface area (Å²) >= 11 is 1.56. The minimum absolute atomic E-state index is 0.0729. The maximum Gasteiger partial charge on any atom is 0.227 e. The van der Waals surface area contributed by atoms with Gasteiger partial charge in [-0.2, -0.15) is 16.3 Å². The van der Waals surface area contributed by atoms with Crippen molar-refractivity contribution in [3.05, 3.63) is 47.0 Å². The maximum atomic E-state index is 12.2. The molecular formula is C19H20N4O3S. The van der Waals surface area contributed by atoms with Crippen molar-refractivity contribution in [1.82, 2.24) is 10.1 Å². The van der Waals surface area contributed by atoms with Gasteiger partial charge < -0.3 is 15.2 Å². The molecule has 0 fully saturated rings. The molecule has 0 aliphatic rings. The van der Waals surface area contributed by atoms with Gasteiger partial charge in [0.05, 0.1) is 0 Å². The Morgan fingerprint density at radius 1 is 1.19 bits per heavy atom. The monoisotopic (exact) mass is 384 g/mol. The Hall–Kier alpha value is -3.00. The summed E-state index contributed by atoms with van der Waals surface area (Å²) in [4.78, 5) is 28.2. The summed E-state index contributed by atoms with van der Waals surface area (Å²) in [6.45, 7) is 3.64. The molecule has 3 rings (SSSR count). The Kier molecular flexibility index (Phi) is 5.97. The summed E-state index contributed by atoms with van der Waals surface area (Å²) in [7, 11) is 0.